The van der Waals surface area contributed by atoms with E-state index < -0.39 is 0 Å². The predicted octanol–water partition coefficient (Wildman–Crippen LogP) is 3.50. The first-order chi connectivity index (χ1) is 11.8. The third-order valence-electron chi connectivity index (χ3n) is 4.43. The molecule has 1 aliphatic heterocycles. The molecule has 4 heteroatoms. The second-order valence-corrected chi connectivity index (χ2v) is 6.16. The summed E-state index contributed by atoms with van der Waals surface area (Å²) >= 11 is 0. The van der Waals surface area contributed by atoms with Crippen LogP contribution in [0.4, 0.5) is 4.79 Å². The van der Waals surface area contributed by atoms with Gasteiger partial charge in [0, 0.05) is 19.8 Å². The molecule has 0 unspecified atom stereocenters. The molecule has 1 saturated heterocycles. The second kappa shape index (κ2) is 8.50. The van der Waals surface area contributed by atoms with E-state index in [2.05, 4.69) is 10.6 Å². The monoisotopic (exact) mass is 324 g/mol. The smallest absolute Gasteiger partial charge is 0.315 e. The van der Waals surface area contributed by atoms with Gasteiger partial charge >= 0.3 is 6.03 Å². The fourth-order valence-corrected chi connectivity index (χ4v) is 3.02. The number of rotatable bonds is 5. The molecule has 0 aromatic heterocycles. The summed E-state index contributed by atoms with van der Waals surface area (Å²) in [6.07, 6.45) is 2.03. The van der Waals surface area contributed by atoms with E-state index in [4.69, 9.17) is 4.74 Å². The zero-order chi connectivity index (χ0) is 16.6. The van der Waals surface area contributed by atoms with Crippen LogP contribution in [0.5, 0.6) is 0 Å². The highest BCUT2D eigenvalue weighted by Gasteiger charge is 2.18. The molecule has 2 amide bonds. The zero-order valence-electron chi connectivity index (χ0n) is 13.8. The maximum Gasteiger partial charge on any atom is 0.315 e. The third kappa shape index (κ3) is 4.59. The van der Waals surface area contributed by atoms with Crippen molar-refractivity contribution < 1.29 is 9.53 Å². The van der Waals surface area contributed by atoms with Gasteiger partial charge in [-0.1, -0.05) is 60.7 Å². The largest absolute Gasteiger partial charge is 0.381 e. The van der Waals surface area contributed by atoms with Crippen molar-refractivity contribution in [2.75, 3.05) is 19.8 Å². The number of carbonyl (C=O) groups excluding carboxylic acids is 1. The summed E-state index contributed by atoms with van der Waals surface area (Å²) in [6, 6.07) is 19.8. The molecule has 1 heterocycles. The zero-order valence-corrected chi connectivity index (χ0v) is 13.8. The highest BCUT2D eigenvalue weighted by molar-refractivity contribution is 5.75. The molecule has 2 aromatic rings. The topological polar surface area (TPSA) is 50.4 Å². The van der Waals surface area contributed by atoms with Gasteiger partial charge in [-0.3, -0.25) is 0 Å². The highest BCUT2D eigenvalue weighted by atomic mass is 16.5. The Labute approximate surface area is 143 Å². The summed E-state index contributed by atoms with van der Waals surface area (Å²) in [6.45, 7) is 2.29. The molecular weight excluding hydrogens is 300 g/mol. The molecule has 126 valence electrons. The molecule has 4 nitrogen and oxygen atoms in total. The van der Waals surface area contributed by atoms with Gasteiger partial charge in [-0.2, -0.15) is 0 Å². The van der Waals surface area contributed by atoms with Crippen LogP contribution in [0, 0.1) is 5.92 Å². The van der Waals surface area contributed by atoms with E-state index in [-0.39, 0.29) is 12.1 Å². The Kier molecular flexibility index (Phi) is 5.85. The lowest BCUT2D eigenvalue weighted by atomic mass is 9.99. The van der Waals surface area contributed by atoms with Gasteiger partial charge in [0.1, 0.15) is 0 Å². The lowest BCUT2D eigenvalue weighted by Crippen LogP contribution is -2.41. The molecule has 0 saturated carbocycles. The van der Waals surface area contributed by atoms with Crippen LogP contribution in [0.3, 0.4) is 0 Å². The molecule has 0 aliphatic carbocycles. The fraction of sp³-hybridized carbons (Fsp3) is 0.350. The number of nitrogens with one attached hydrogen (secondary N) is 2. The van der Waals surface area contributed by atoms with Gasteiger partial charge in [0.15, 0.2) is 0 Å². The minimum atomic E-state index is -0.151. The van der Waals surface area contributed by atoms with Crippen LogP contribution < -0.4 is 10.6 Å². The van der Waals surface area contributed by atoms with Gasteiger partial charge in [0.25, 0.3) is 0 Å². The van der Waals surface area contributed by atoms with Crippen molar-refractivity contribution in [3.05, 3.63) is 71.8 Å². The van der Waals surface area contributed by atoms with Crippen LogP contribution in [-0.4, -0.2) is 25.8 Å². The van der Waals surface area contributed by atoms with E-state index in [9.17, 15) is 4.79 Å². The summed E-state index contributed by atoms with van der Waals surface area (Å²) in [4.78, 5) is 12.4. The minimum absolute atomic E-state index is 0.126. The van der Waals surface area contributed by atoms with Crippen LogP contribution >= 0.6 is 0 Å². The number of benzene rings is 2. The third-order valence-corrected chi connectivity index (χ3v) is 4.43. The van der Waals surface area contributed by atoms with E-state index in [0.29, 0.717) is 12.5 Å². The number of urea groups is 1. The van der Waals surface area contributed by atoms with Crippen LogP contribution in [0.15, 0.2) is 60.7 Å². The van der Waals surface area contributed by atoms with Crippen LogP contribution in [0.1, 0.15) is 30.0 Å². The van der Waals surface area contributed by atoms with Crippen LogP contribution in [0.25, 0.3) is 0 Å². The molecule has 2 aromatic carbocycles. The van der Waals surface area contributed by atoms with Crippen molar-refractivity contribution in [1.82, 2.24) is 10.6 Å². The van der Waals surface area contributed by atoms with Crippen molar-refractivity contribution in [3.8, 4) is 0 Å². The maximum absolute atomic E-state index is 12.4. The Morgan fingerprint density at radius 1 is 0.958 bits per heavy atom. The molecule has 0 spiro atoms. The van der Waals surface area contributed by atoms with Crippen LogP contribution in [0.2, 0.25) is 0 Å². The molecule has 3 rings (SSSR count). The van der Waals surface area contributed by atoms with Crippen molar-refractivity contribution in [1.29, 1.82) is 0 Å². The number of amides is 2. The van der Waals surface area contributed by atoms with Crippen LogP contribution in [-0.2, 0) is 4.74 Å². The summed E-state index contributed by atoms with van der Waals surface area (Å²) < 4.78 is 5.36. The Bertz CT molecular complexity index is 585. The Morgan fingerprint density at radius 3 is 2.04 bits per heavy atom. The van der Waals surface area contributed by atoms with Crippen molar-refractivity contribution >= 4 is 6.03 Å². The Morgan fingerprint density at radius 2 is 1.50 bits per heavy atom. The van der Waals surface area contributed by atoms with Gasteiger partial charge in [0.2, 0.25) is 0 Å². The molecule has 24 heavy (non-hydrogen) atoms. The first-order valence-corrected chi connectivity index (χ1v) is 8.55. The highest BCUT2D eigenvalue weighted by Crippen LogP contribution is 2.21. The number of hydrogen-bond acceptors (Lipinski definition) is 2. The van der Waals surface area contributed by atoms with Gasteiger partial charge < -0.3 is 15.4 Å². The number of hydrogen-bond donors (Lipinski definition) is 2. The molecule has 0 bridgehead atoms. The van der Waals surface area contributed by atoms with E-state index in [1.165, 1.54) is 0 Å². The number of carbonyl (C=O) groups is 1. The lowest BCUT2D eigenvalue weighted by Gasteiger charge is -2.24. The second-order valence-electron chi connectivity index (χ2n) is 6.16. The summed E-state index contributed by atoms with van der Waals surface area (Å²) in [5.74, 6) is 0.511. The first-order valence-electron chi connectivity index (χ1n) is 8.55. The Hall–Kier alpha value is -2.33. The van der Waals surface area contributed by atoms with Gasteiger partial charge in [-0.25, -0.2) is 4.79 Å². The van der Waals surface area contributed by atoms with E-state index in [1.54, 1.807) is 0 Å². The Balaban J connectivity index is 1.64. The van der Waals surface area contributed by atoms with E-state index in [0.717, 1.165) is 37.2 Å². The maximum atomic E-state index is 12.4. The normalized spacial score (nSPS) is 15.2. The standard InChI is InChI=1S/C20H24N2O2/c23-20(21-15-16-11-13-24-14-12-16)22-19(17-7-3-1-4-8-17)18-9-5-2-6-10-18/h1-10,16,19H,11-15H2,(H2,21,22,23). The van der Waals surface area contributed by atoms with E-state index >= 15 is 0 Å². The van der Waals surface area contributed by atoms with Gasteiger partial charge in [-0.15, -0.1) is 0 Å². The van der Waals surface area contributed by atoms with Gasteiger partial charge in [-0.05, 0) is 29.9 Å². The number of ether oxygens (including phenoxy) is 1. The van der Waals surface area contributed by atoms with Crippen molar-refractivity contribution in [2.24, 2.45) is 5.92 Å². The fourth-order valence-electron chi connectivity index (χ4n) is 3.02. The quantitative estimate of drug-likeness (QED) is 0.884. The molecule has 0 radical (unpaired) electrons. The average molecular weight is 324 g/mol. The molecule has 2 N–H and O–H groups in total. The summed E-state index contributed by atoms with van der Waals surface area (Å²) in [5, 5.41) is 6.12. The average Bonchev–Trinajstić information content (AvgIpc) is 2.67. The lowest BCUT2D eigenvalue weighted by molar-refractivity contribution is 0.0669. The molecule has 1 aliphatic rings. The first kappa shape index (κ1) is 16.5. The summed E-state index contributed by atoms with van der Waals surface area (Å²) in [5.41, 5.74) is 2.15. The molecule has 0 atom stereocenters. The van der Waals surface area contributed by atoms with Crippen molar-refractivity contribution in [2.45, 2.75) is 18.9 Å². The predicted molar refractivity (Wildman–Crippen MR) is 94.8 cm³/mol. The SMILES string of the molecule is O=C(NCC1CCOCC1)NC(c1ccccc1)c1ccccc1. The van der Waals surface area contributed by atoms with Gasteiger partial charge in [0.05, 0.1) is 6.04 Å². The molecule has 1 fully saturated rings. The van der Waals surface area contributed by atoms with Crippen molar-refractivity contribution in [3.63, 3.8) is 0 Å². The minimum Gasteiger partial charge on any atom is -0.381 e. The summed E-state index contributed by atoms with van der Waals surface area (Å²) in [7, 11) is 0. The van der Waals surface area contributed by atoms with E-state index in [1.807, 2.05) is 60.7 Å². The molecular formula is C20H24N2O2.